The van der Waals surface area contributed by atoms with Gasteiger partial charge in [-0.2, -0.15) is 0 Å². The fraction of sp³-hybridized carbons (Fsp3) is 0.600. The maximum absolute atomic E-state index is 14.0. The number of rotatable bonds is 2. The van der Waals surface area contributed by atoms with Gasteiger partial charge in [-0.05, 0) is 19.2 Å². The van der Waals surface area contributed by atoms with Gasteiger partial charge in [0.05, 0.1) is 5.02 Å². The van der Waals surface area contributed by atoms with Crippen LogP contribution in [0.25, 0.3) is 0 Å². The molecule has 0 N–H and O–H groups in total. The second-order valence-electron chi connectivity index (χ2n) is 6.01. The van der Waals surface area contributed by atoms with E-state index in [2.05, 4.69) is 21.7 Å². The summed E-state index contributed by atoms with van der Waals surface area (Å²) in [5.41, 5.74) is 0.0834. The van der Waals surface area contributed by atoms with E-state index in [1.54, 1.807) is 0 Å². The molecule has 0 saturated carbocycles. The zero-order chi connectivity index (χ0) is 15.0. The van der Waals surface area contributed by atoms with Crippen LogP contribution in [0.5, 0.6) is 0 Å². The van der Waals surface area contributed by atoms with Crippen molar-refractivity contribution in [3.63, 3.8) is 0 Å². The first-order chi connectivity index (χ1) is 10.0. The number of hydrogen-bond acceptors (Lipinski definition) is 3. The van der Waals surface area contributed by atoms with Crippen LogP contribution in [-0.4, -0.2) is 67.1 Å². The van der Waals surface area contributed by atoms with Gasteiger partial charge in [-0.25, -0.2) is 8.78 Å². The number of halogens is 3. The minimum Gasteiger partial charge on any atom is -0.303 e. The van der Waals surface area contributed by atoms with Gasteiger partial charge in [-0.3, -0.25) is 9.80 Å². The van der Waals surface area contributed by atoms with Crippen molar-refractivity contribution in [3.05, 3.63) is 34.4 Å². The number of benzene rings is 1. The quantitative estimate of drug-likeness (QED) is 0.774. The number of likely N-dealkylation sites (N-methyl/N-ethyl adjacent to an activating group) is 1. The summed E-state index contributed by atoms with van der Waals surface area (Å²) in [5, 5.41) is -0.0116. The van der Waals surface area contributed by atoms with Crippen molar-refractivity contribution in [3.8, 4) is 0 Å². The third-order valence-electron chi connectivity index (χ3n) is 4.50. The summed E-state index contributed by atoms with van der Waals surface area (Å²) in [6.45, 7) is 6.11. The summed E-state index contributed by atoms with van der Waals surface area (Å²) in [6, 6.07) is 2.96. The van der Waals surface area contributed by atoms with E-state index in [4.69, 9.17) is 11.6 Å². The predicted molar refractivity (Wildman–Crippen MR) is 79.5 cm³/mol. The molecule has 2 heterocycles. The zero-order valence-corrected chi connectivity index (χ0v) is 12.9. The van der Waals surface area contributed by atoms with Crippen molar-refractivity contribution >= 4 is 11.6 Å². The molecule has 21 heavy (non-hydrogen) atoms. The monoisotopic (exact) mass is 315 g/mol. The molecule has 0 unspecified atom stereocenters. The Morgan fingerprint density at radius 3 is 2.71 bits per heavy atom. The minimum atomic E-state index is -0.625. The summed E-state index contributed by atoms with van der Waals surface area (Å²) in [6.07, 6.45) is 0. The Hall–Kier alpha value is -0.750. The third kappa shape index (κ3) is 3.21. The van der Waals surface area contributed by atoms with Crippen molar-refractivity contribution in [2.45, 2.75) is 12.6 Å². The van der Waals surface area contributed by atoms with Crippen molar-refractivity contribution < 1.29 is 8.78 Å². The Balaban J connectivity index is 1.70. The molecule has 2 aliphatic heterocycles. The first-order valence-corrected chi connectivity index (χ1v) is 7.69. The highest BCUT2D eigenvalue weighted by atomic mass is 35.5. The maximum atomic E-state index is 14.0. The fourth-order valence-corrected chi connectivity index (χ4v) is 3.43. The average molecular weight is 316 g/mol. The molecule has 0 aromatic heterocycles. The molecule has 0 bridgehead atoms. The third-order valence-corrected chi connectivity index (χ3v) is 4.79. The molecule has 0 radical (unpaired) electrons. The van der Waals surface area contributed by atoms with E-state index < -0.39 is 11.6 Å². The first-order valence-electron chi connectivity index (χ1n) is 7.32. The number of piperazine rings is 2. The van der Waals surface area contributed by atoms with Gasteiger partial charge in [0, 0.05) is 57.4 Å². The van der Waals surface area contributed by atoms with E-state index in [1.807, 2.05) is 0 Å². The molecular formula is C15H20ClF2N3. The molecule has 1 atom stereocenters. The van der Waals surface area contributed by atoms with Gasteiger partial charge in [0.15, 0.2) is 0 Å². The van der Waals surface area contributed by atoms with Gasteiger partial charge < -0.3 is 4.90 Å². The molecule has 1 aromatic carbocycles. The Morgan fingerprint density at radius 1 is 1.14 bits per heavy atom. The van der Waals surface area contributed by atoms with Gasteiger partial charge in [-0.1, -0.05) is 11.6 Å². The van der Waals surface area contributed by atoms with Crippen LogP contribution < -0.4 is 0 Å². The lowest BCUT2D eigenvalue weighted by Crippen LogP contribution is -2.61. The Morgan fingerprint density at radius 2 is 1.90 bits per heavy atom. The Kier molecular flexibility index (Phi) is 4.45. The minimum absolute atomic E-state index is 0.0116. The van der Waals surface area contributed by atoms with Crippen LogP contribution in [0.3, 0.4) is 0 Å². The van der Waals surface area contributed by atoms with E-state index in [0.717, 1.165) is 39.3 Å². The summed E-state index contributed by atoms with van der Waals surface area (Å²) in [5.74, 6) is -1.14. The average Bonchev–Trinajstić information content (AvgIpc) is 2.47. The lowest BCUT2D eigenvalue weighted by Gasteiger charge is -2.46. The number of nitrogens with zero attached hydrogens (tertiary/aromatic N) is 3. The van der Waals surface area contributed by atoms with Gasteiger partial charge in [0.25, 0.3) is 0 Å². The Bertz CT molecular complexity index is 526. The molecule has 2 aliphatic rings. The molecule has 0 spiro atoms. The van der Waals surface area contributed by atoms with Crippen LogP contribution in [0.1, 0.15) is 5.56 Å². The van der Waals surface area contributed by atoms with E-state index in [0.29, 0.717) is 6.04 Å². The number of hydrogen-bond donors (Lipinski definition) is 0. The van der Waals surface area contributed by atoms with Crippen LogP contribution in [0, 0.1) is 11.6 Å². The summed E-state index contributed by atoms with van der Waals surface area (Å²) >= 11 is 5.76. The highest BCUT2D eigenvalue weighted by Crippen LogP contribution is 2.24. The first kappa shape index (κ1) is 15.2. The SMILES string of the molecule is CN1CCN2CCN(Cc3c(F)ccc(Cl)c3F)C[C@@H]2C1. The molecule has 6 heteroatoms. The standard InChI is InChI=1S/C15H20ClF2N3/c1-19-4-6-21-7-5-20(9-11(21)8-19)10-12-14(17)3-2-13(16)15(12)18/h2-3,11H,4-10H2,1H3/t11-/m0/s1. The van der Waals surface area contributed by atoms with Crippen molar-refractivity contribution in [2.75, 3.05) is 46.3 Å². The fourth-order valence-electron chi connectivity index (χ4n) is 3.26. The topological polar surface area (TPSA) is 9.72 Å². The molecule has 116 valence electrons. The van der Waals surface area contributed by atoms with Gasteiger partial charge >= 0.3 is 0 Å². The highest BCUT2D eigenvalue weighted by Gasteiger charge is 2.31. The smallest absolute Gasteiger partial charge is 0.149 e. The van der Waals surface area contributed by atoms with Crippen LogP contribution >= 0.6 is 11.6 Å². The van der Waals surface area contributed by atoms with Gasteiger partial charge in [0.1, 0.15) is 11.6 Å². The van der Waals surface area contributed by atoms with E-state index in [9.17, 15) is 8.78 Å². The maximum Gasteiger partial charge on any atom is 0.149 e. The summed E-state index contributed by atoms with van der Waals surface area (Å²) < 4.78 is 27.8. The van der Waals surface area contributed by atoms with Crippen LogP contribution in [0.4, 0.5) is 8.78 Å². The van der Waals surface area contributed by atoms with Crippen LogP contribution in [0.15, 0.2) is 12.1 Å². The van der Waals surface area contributed by atoms with Crippen molar-refractivity contribution in [1.29, 1.82) is 0 Å². The van der Waals surface area contributed by atoms with Gasteiger partial charge in [-0.15, -0.1) is 0 Å². The molecule has 0 aliphatic carbocycles. The molecule has 2 saturated heterocycles. The normalized spacial score (nSPS) is 25.0. The van der Waals surface area contributed by atoms with E-state index in [1.165, 1.54) is 12.1 Å². The van der Waals surface area contributed by atoms with E-state index in [-0.39, 0.29) is 17.1 Å². The lowest BCUT2D eigenvalue weighted by molar-refractivity contribution is 0.0168. The molecule has 1 aromatic rings. The molecule has 3 nitrogen and oxygen atoms in total. The van der Waals surface area contributed by atoms with Crippen molar-refractivity contribution in [1.82, 2.24) is 14.7 Å². The number of fused-ring (bicyclic) bond motifs is 1. The second-order valence-corrected chi connectivity index (χ2v) is 6.42. The van der Waals surface area contributed by atoms with Gasteiger partial charge in [0.2, 0.25) is 0 Å². The largest absolute Gasteiger partial charge is 0.303 e. The van der Waals surface area contributed by atoms with Crippen LogP contribution in [-0.2, 0) is 6.54 Å². The Labute approximate surface area is 129 Å². The molecular weight excluding hydrogens is 296 g/mol. The summed E-state index contributed by atoms with van der Waals surface area (Å²) in [7, 11) is 2.12. The van der Waals surface area contributed by atoms with E-state index >= 15 is 0 Å². The molecule has 2 fully saturated rings. The summed E-state index contributed by atoms with van der Waals surface area (Å²) in [4.78, 5) is 6.91. The second kappa shape index (κ2) is 6.16. The van der Waals surface area contributed by atoms with Crippen molar-refractivity contribution in [2.24, 2.45) is 0 Å². The molecule has 0 amide bonds. The predicted octanol–water partition coefficient (Wildman–Crippen LogP) is 2.05. The lowest BCUT2D eigenvalue weighted by atomic mass is 10.1. The zero-order valence-electron chi connectivity index (χ0n) is 12.2. The molecule has 3 rings (SSSR count). The highest BCUT2D eigenvalue weighted by molar-refractivity contribution is 6.30. The van der Waals surface area contributed by atoms with Crippen LogP contribution in [0.2, 0.25) is 5.02 Å².